The van der Waals surface area contributed by atoms with E-state index in [0.717, 1.165) is 22.5 Å². The molecular formula is C21H22N2O2. The number of pyridine rings is 2. The topological polar surface area (TPSA) is 44.1 Å². The van der Waals surface area contributed by atoms with E-state index >= 15 is 0 Å². The summed E-state index contributed by atoms with van der Waals surface area (Å²) < 4.78 is 7.53. The first-order valence-corrected chi connectivity index (χ1v) is 8.30. The van der Waals surface area contributed by atoms with Crippen molar-refractivity contribution >= 4 is 0 Å². The molecule has 4 nitrogen and oxygen atoms in total. The minimum Gasteiger partial charge on any atom is -0.488 e. The minimum atomic E-state index is -0.0737. The summed E-state index contributed by atoms with van der Waals surface area (Å²) >= 11 is 0. The van der Waals surface area contributed by atoms with E-state index in [4.69, 9.17) is 4.74 Å². The number of nitrogens with zero attached hydrogens (tertiary/aromatic N) is 2. The first-order valence-electron chi connectivity index (χ1n) is 8.30. The van der Waals surface area contributed by atoms with Gasteiger partial charge in [0.1, 0.15) is 12.4 Å². The summed E-state index contributed by atoms with van der Waals surface area (Å²) in [4.78, 5) is 17.0. The first kappa shape index (κ1) is 17.0. The molecule has 0 fully saturated rings. The van der Waals surface area contributed by atoms with Gasteiger partial charge in [-0.05, 0) is 51.0 Å². The Morgan fingerprint density at radius 2 is 1.84 bits per heavy atom. The van der Waals surface area contributed by atoms with Crippen molar-refractivity contribution in [1.82, 2.24) is 9.55 Å². The van der Waals surface area contributed by atoms with E-state index in [1.807, 2.05) is 38.1 Å². The van der Waals surface area contributed by atoms with E-state index in [-0.39, 0.29) is 5.56 Å². The summed E-state index contributed by atoms with van der Waals surface area (Å²) in [6.45, 7) is 8.21. The second-order valence-electron chi connectivity index (χ2n) is 6.30. The van der Waals surface area contributed by atoms with Crippen LogP contribution in [0.3, 0.4) is 0 Å². The Morgan fingerprint density at radius 1 is 1.04 bits per heavy atom. The van der Waals surface area contributed by atoms with Crippen LogP contribution >= 0.6 is 0 Å². The number of rotatable bonds is 4. The van der Waals surface area contributed by atoms with E-state index in [1.54, 1.807) is 23.9 Å². The molecule has 0 aliphatic rings. The quantitative estimate of drug-likeness (QED) is 0.723. The van der Waals surface area contributed by atoms with Crippen LogP contribution in [-0.2, 0) is 6.61 Å². The molecule has 0 saturated carbocycles. The Kier molecular flexibility index (Phi) is 4.70. The minimum absolute atomic E-state index is 0.0737. The lowest BCUT2D eigenvalue weighted by Crippen LogP contribution is -2.22. The number of aromatic nitrogens is 2. The third-order valence-corrected chi connectivity index (χ3v) is 4.45. The maximum Gasteiger partial charge on any atom is 0.261 e. The van der Waals surface area contributed by atoms with Crippen molar-refractivity contribution in [2.24, 2.45) is 0 Å². The van der Waals surface area contributed by atoms with Crippen molar-refractivity contribution in [3.05, 3.63) is 87.1 Å². The van der Waals surface area contributed by atoms with Crippen molar-refractivity contribution in [3.63, 3.8) is 0 Å². The predicted octanol–water partition coefficient (Wildman–Crippen LogP) is 4.05. The molecule has 0 saturated heterocycles. The molecule has 0 spiro atoms. The van der Waals surface area contributed by atoms with Crippen molar-refractivity contribution in [1.29, 1.82) is 0 Å². The second-order valence-corrected chi connectivity index (χ2v) is 6.30. The SMILES string of the molecule is Cc1cccc(COc2ccn(-c3ccnc(C)c3C)c(=O)c2C)c1. The van der Waals surface area contributed by atoms with Crippen LogP contribution in [0.15, 0.2) is 53.6 Å². The lowest BCUT2D eigenvalue weighted by atomic mass is 10.1. The van der Waals surface area contributed by atoms with Gasteiger partial charge in [-0.3, -0.25) is 14.3 Å². The lowest BCUT2D eigenvalue weighted by molar-refractivity contribution is 0.303. The van der Waals surface area contributed by atoms with Gasteiger partial charge in [-0.25, -0.2) is 0 Å². The van der Waals surface area contributed by atoms with Crippen molar-refractivity contribution in [3.8, 4) is 11.4 Å². The summed E-state index contributed by atoms with van der Waals surface area (Å²) in [6.07, 6.45) is 3.49. The highest BCUT2D eigenvalue weighted by atomic mass is 16.5. The molecule has 0 aliphatic heterocycles. The van der Waals surface area contributed by atoms with Crippen LogP contribution in [0, 0.1) is 27.7 Å². The molecule has 0 atom stereocenters. The number of hydrogen-bond donors (Lipinski definition) is 0. The summed E-state index contributed by atoms with van der Waals surface area (Å²) in [6, 6.07) is 11.9. The zero-order valence-electron chi connectivity index (χ0n) is 15.0. The van der Waals surface area contributed by atoms with Crippen molar-refractivity contribution in [2.45, 2.75) is 34.3 Å². The molecule has 2 aromatic heterocycles. The van der Waals surface area contributed by atoms with E-state index in [9.17, 15) is 4.79 Å². The molecule has 25 heavy (non-hydrogen) atoms. The molecule has 0 aliphatic carbocycles. The maximum absolute atomic E-state index is 12.8. The number of hydrogen-bond acceptors (Lipinski definition) is 3. The number of aryl methyl sites for hydroxylation is 2. The summed E-state index contributed by atoms with van der Waals surface area (Å²) in [5, 5.41) is 0. The van der Waals surface area contributed by atoms with Gasteiger partial charge in [-0.15, -0.1) is 0 Å². The monoisotopic (exact) mass is 334 g/mol. The third-order valence-electron chi connectivity index (χ3n) is 4.45. The molecule has 0 amide bonds. The molecule has 0 bridgehead atoms. The largest absolute Gasteiger partial charge is 0.488 e. The van der Waals surface area contributed by atoms with Crippen molar-refractivity contribution < 1.29 is 4.74 Å². The van der Waals surface area contributed by atoms with Crippen LogP contribution in [0.4, 0.5) is 0 Å². The van der Waals surface area contributed by atoms with Crippen molar-refractivity contribution in [2.75, 3.05) is 0 Å². The highest BCUT2D eigenvalue weighted by Gasteiger charge is 2.11. The zero-order valence-corrected chi connectivity index (χ0v) is 15.0. The van der Waals surface area contributed by atoms with Gasteiger partial charge in [0.05, 0.1) is 11.3 Å². The molecule has 0 radical (unpaired) electrons. The van der Waals surface area contributed by atoms with Crippen LogP contribution in [0.5, 0.6) is 5.75 Å². The van der Waals surface area contributed by atoms with Gasteiger partial charge in [0.2, 0.25) is 0 Å². The Hall–Kier alpha value is -2.88. The van der Waals surface area contributed by atoms with Gasteiger partial charge in [0.15, 0.2) is 0 Å². The predicted molar refractivity (Wildman–Crippen MR) is 99.6 cm³/mol. The number of ether oxygens (including phenoxy) is 1. The Bertz CT molecular complexity index is 974. The van der Waals surface area contributed by atoms with Crippen LogP contribution in [0.25, 0.3) is 5.69 Å². The summed E-state index contributed by atoms with van der Waals surface area (Å²) in [5.74, 6) is 0.617. The van der Waals surface area contributed by atoms with Gasteiger partial charge in [0.25, 0.3) is 5.56 Å². The fraction of sp³-hybridized carbons (Fsp3) is 0.238. The standard InChI is InChI=1S/C21H22N2O2/c1-14-6-5-7-18(12-14)13-25-20-9-11-23(21(24)16(20)3)19-8-10-22-17(4)15(19)2/h5-12H,13H2,1-4H3. The Morgan fingerprint density at radius 3 is 2.60 bits per heavy atom. The molecule has 2 heterocycles. The van der Waals surface area contributed by atoms with E-state index < -0.39 is 0 Å². The Balaban J connectivity index is 1.90. The molecular weight excluding hydrogens is 312 g/mol. The zero-order chi connectivity index (χ0) is 18.0. The van der Waals surface area contributed by atoms with E-state index in [1.165, 1.54) is 5.56 Å². The Labute approximate surface area is 147 Å². The normalized spacial score (nSPS) is 10.7. The van der Waals surface area contributed by atoms with Gasteiger partial charge in [-0.1, -0.05) is 29.8 Å². The second kappa shape index (κ2) is 6.93. The molecule has 0 N–H and O–H groups in total. The average molecular weight is 334 g/mol. The summed E-state index contributed by atoms with van der Waals surface area (Å²) in [5.41, 5.74) is 5.57. The molecule has 3 aromatic rings. The summed E-state index contributed by atoms with van der Waals surface area (Å²) in [7, 11) is 0. The molecule has 4 heteroatoms. The highest BCUT2D eigenvalue weighted by Crippen LogP contribution is 2.19. The fourth-order valence-electron chi connectivity index (χ4n) is 2.82. The molecule has 1 aromatic carbocycles. The molecule has 0 unspecified atom stereocenters. The van der Waals surface area contributed by atoms with Gasteiger partial charge in [0, 0.05) is 18.1 Å². The maximum atomic E-state index is 12.8. The van der Waals surface area contributed by atoms with Gasteiger partial charge in [-0.2, -0.15) is 0 Å². The smallest absolute Gasteiger partial charge is 0.261 e. The van der Waals surface area contributed by atoms with Crippen LogP contribution < -0.4 is 10.3 Å². The third kappa shape index (κ3) is 3.48. The van der Waals surface area contributed by atoms with E-state index in [2.05, 4.69) is 24.0 Å². The van der Waals surface area contributed by atoms with Gasteiger partial charge < -0.3 is 4.74 Å². The lowest BCUT2D eigenvalue weighted by Gasteiger charge is -2.14. The molecule has 3 rings (SSSR count). The highest BCUT2D eigenvalue weighted by molar-refractivity contribution is 5.43. The average Bonchev–Trinajstić information content (AvgIpc) is 2.59. The van der Waals surface area contributed by atoms with Crippen LogP contribution in [0.1, 0.15) is 27.9 Å². The van der Waals surface area contributed by atoms with E-state index in [0.29, 0.717) is 17.9 Å². The fourth-order valence-corrected chi connectivity index (χ4v) is 2.82. The van der Waals surface area contributed by atoms with Gasteiger partial charge >= 0.3 is 0 Å². The van der Waals surface area contributed by atoms with Crippen LogP contribution in [0.2, 0.25) is 0 Å². The number of benzene rings is 1. The molecule has 128 valence electrons. The first-order chi connectivity index (χ1) is 12.0. The van der Waals surface area contributed by atoms with Crippen LogP contribution in [-0.4, -0.2) is 9.55 Å².